The van der Waals surface area contributed by atoms with Gasteiger partial charge in [-0.1, -0.05) is 0 Å². The lowest BCUT2D eigenvalue weighted by molar-refractivity contribution is -0.0103. The Balaban J connectivity index is 1.73. The molecule has 0 spiro atoms. The summed E-state index contributed by atoms with van der Waals surface area (Å²) >= 11 is 3.48. The highest BCUT2D eigenvalue weighted by Gasteiger charge is 2.35. The summed E-state index contributed by atoms with van der Waals surface area (Å²) in [7, 11) is 0. The van der Waals surface area contributed by atoms with Gasteiger partial charge < -0.3 is 4.74 Å². The van der Waals surface area contributed by atoms with Gasteiger partial charge in [0.05, 0.1) is 4.47 Å². The Morgan fingerprint density at radius 2 is 2.19 bits per heavy atom. The van der Waals surface area contributed by atoms with Crippen LogP contribution in [0.2, 0.25) is 0 Å². The molecule has 0 N–H and O–H groups in total. The van der Waals surface area contributed by atoms with Crippen molar-refractivity contribution in [3.05, 3.63) is 22.8 Å². The lowest BCUT2D eigenvalue weighted by Crippen LogP contribution is -2.52. The van der Waals surface area contributed by atoms with Crippen molar-refractivity contribution in [2.24, 2.45) is 5.92 Å². The molecule has 4 heteroatoms. The van der Waals surface area contributed by atoms with E-state index in [9.17, 15) is 0 Å². The van der Waals surface area contributed by atoms with Gasteiger partial charge in [-0.25, -0.2) is 4.98 Å². The van der Waals surface area contributed by atoms with Crippen LogP contribution in [0.3, 0.4) is 0 Å². The number of piperidine rings is 3. The number of halogens is 1. The smallest absolute Gasteiger partial charge is 0.228 e. The molecule has 0 amide bonds. The first-order chi connectivity index (χ1) is 7.83. The maximum Gasteiger partial charge on any atom is 0.228 e. The first-order valence-corrected chi connectivity index (χ1v) is 6.62. The quantitative estimate of drug-likeness (QED) is 0.833. The maximum atomic E-state index is 6.02. The Morgan fingerprint density at radius 3 is 2.81 bits per heavy atom. The molecule has 4 heterocycles. The summed E-state index contributed by atoms with van der Waals surface area (Å²) in [6.07, 6.45) is 4.65. The molecule has 1 atom stereocenters. The van der Waals surface area contributed by atoms with Crippen LogP contribution in [-0.4, -0.2) is 35.6 Å². The average molecular weight is 283 g/mol. The summed E-state index contributed by atoms with van der Waals surface area (Å²) in [6, 6.07) is 3.89. The Labute approximate surface area is 104 Å². The van der Waals surface area contributed by atoms with Crippen LogP contribution in [-0.2, 0) is 0 Å². The number of hydrogen-bond donors (Lipinski definition) is 0. The lowest BCUT2D eigenvalue weighted by Gasteiger charge is -2.44. The van der Waals surface area contributed by atoms with Gasteiger partial charge in [0.2, 0.25) is 5.88 Å². The van der Waals surface area contributed by atoms with Crippen molar-refractivity contribution in [1.29, 1.82) is 0 Å². The van der Waals surface area contributed by atoms with Crippen LogP contribution in [0.4, 0.5) is 0 Å². The van der Waals surface area contributed by atoms with E-state index in [0.29, 0.717) is 6.10 Å². The second-order valence-electron chi connectivity index (χ2n) is 4.58. The fourth-order valence-electron chi connectivity index (χ4n) is 2.65. The molecule has 3 aliphatic rings. The molecular weight excluding hydrogens is 268 g/mol. The summed E-state index contributed by atoms with van der Waals surface area (Å²) in [5, 5.41) is 0. The van der Waals surface area contributed by atoms with Crippen molar-refractivity contribution in [2.45, 2.75) is 18.9 Å². The van der Waals surface area contributed by atoms with Gasteiger partial charge in [0.1, 0.15) is 6.10 Å². The van der Waals surface area contributed by atoms with E-state index in [1.54, 1.807) is 6.20 Å². The summed E-state index contributed by atoms with van der Waals surface area (Å²) in [5.41, 5.74) is 0. The first kappa shape index (κ1) is 10.5. The van der Waals surface area contributed by atoms with Crippen LogP contribution < -0.4 is 4.74 Å². The third-order valence-electron chi connectivity index (χ3n) is 3.58. The molecule has 1 aromatic heterocycles. The zero-order valence-electron chi connectivity index (χ0n) is 9.10. The minimum atomic E-state index is 0.327. The molecular formula is C12H15BrN2O. The second kappa shape index (κ2) is 4.34. The molecule has 1 aromatic rings. The number of rotatable bonds is 2. The largest absolute Gasteiger partial charge is 0.472 e. The highest BCUT2D eigenvalue weighted by molar-refractivity contribution is 9.10. The second-order valence-corrected chi connectivity index (χ2v) is 5.44. The molecule has 86 valence electrons. The van der Waals surface area contributed by atoms with Crippen LogP contribution in [0.15, 0.2) is 22.8 Å². The van der Waals surface area contributed by atoms with Gasteiger partial charge >= 0.3 is 0 Å². The Kier molecular flexibility index (Phi) is 2.86. The van der Waals surface area contributed by atoms with Gasteiger partial charge in [-0.05, 0) is 59.9 Å². The molecule has 2 bridgehead atoms. The number of aromatic nitrogens is 1. The van der Waals surface area contributed by atoms with Gasteiger partial charge in [0, 0.05) is 12.7 Å². The third-order valence-corrected chi connectivity index (χ3v) is 4.19. The van der Waals surface area contributed by atoms with E-state index in [0.717, 1.165) is 22.8 Å². The highest BCUT2D eigenvalue weighted by atomic mass is 79.9. The number of nitrogens with zero attached hydrogens (tertiary/aromatic N) is 2. The summed E-state index contributed by atoms with van der Waals surface area (Å²) < 4.78 is 6.97. The lowest BCUT2D eigenvalue weighted by atomic mass is 9.86. The van der Waals surface area contributed by atoms with E-state index in [2.05, 4.69) is 25.8 Å². The summed E-state index contributed by atoms with van der Waals surface area (Å²) in [4.78, 5) is 6.76. The fraction of sp³-hybridized carbons (Fsp3) is 0.583. The van der Waals surface area contributed by atoms with E-state index < -0.39 is 0 Å². The van der Waals surface area contributed by atoms with Crippen molar-refractivity contribution in [3.63, 3.8) is 0 Å². The summed E-state index contributed by atoms with van der Waals surface area (Å²) in [5.74, 6) is 1.46. The average Bonchev–Trinajstić information content (AvgIpc) is 2.34. The molecule has 3 saturated heterocycles. The van der Waals surface area contributed by atoms with E-state index in [-0.39, 0.29) is 0 Å². The molecule has 4 rings (SSSR count). The minimum Gasteiger partial charge on any atom is -0.472 e. The SMILES string of the molecule is Brc1cccnc1OC1CN2CCC1CC2. The van der Waals surface area contributed by atoms with Crippen LogP contribution >= 0.6 is 15.9 Å². The Bertz CT molecular complexity index is 377. The van der Waals surface area contributed by atoms with Gasteiger partial charge in [-0.2, -0.15) is 0 Å². The van der Waals surface area contributed by atoms with Crippen LogP contribution in [0.25, 0.3) is 0 Å². The number of pyridine rings is 1. The van der Waals surface area contributed by atoms with Crippen LogP contribution in [0.5, 0.6) is 5.88 Å². The molecule has 1 unspecified atom stereocenters. The van der Waals surface area contributed by atoms with Crippen LogP contribution in [0, 0.1) is 5.92 Å². The normalized spacial score (nSPS) is 32.7. The highest BCUT2D eigenvalue weighted by Crippen LogP contribution is 2.32. The molecule has 0 saturated carbocycles. The van der Waals surface area contributed by atoms with Gasteiger partial charge in [0.15, 0.2) is 0 Å². The van der Waals surface area contributed by atoms with Crippen LogP contribution in [0.1, 0.15) is 12.8 Å². The van der Waals surface area contributed by atoms with Crippen molar-refractivity contribution < 1.29 is 4.74 Å². The number of ether oxygens (including phenoxy) is 1. The van der Waals surface area contributed by atoms with Crippen molar-refractivity contribution in [2.75, 3.05) is 19.6 Å². The zero-order valence-corrected chi connectivity index (χ0v) is 10.7. The molecule has 0 radical (unpaired) electrons. The minimum absolute atomic E-state index is 0.327. The topological polar surface area (TPSA) is 25.4 Å². The number of hydrogen-bond acceptors (Lipinski definition) is 3. The molecule has 3 fully saturated rings. The Morgan fingerprint density at radius 1 is 1.38 bits per heavy atom. The Hall–Kier alpha value is -0.610. The van der Waals surface area contributed by atoms with Gasteiger partial charge in [-0.3, -0.25) is 4.90 Å². The molecule has 16 heavy (non-hydrogen) atoms. The number of fused-ring (bicyclic) bond motifs is 3. The predicted molar refractivity (Wildman–Crippen MR) is 65.5 cm³/mol. The monoisotopic (exact) mass is 282 g/mol. The van der Waals surface area contributed by atoms with Crippen molar-refractivity contribution in [1.82, 2.24) is 9.88 Å². The summed E-state index contributed by atoms with van der Waals surface area (Å²) in [6.45, 7) is 3.55. The predicted octanol–water partition coefficient (Wildman–Crippen LogP) is 2.32. The third kappa shape index (κ3) is 1.96. The standard InChI is InChI=1S/C12H15BrN2O/c13-10-2-1-5-14-12(10)16-11-8-15-6-3-9(11)4-7-15/h1-2,5,9,11H,3-4,6-8H2. The zero-order chi connectivity index (χ0) is 11.0. The molecule has 0 aromatic carbocycles. The molecule has 0 aliphatic carbocycles. The van der Waals surface area contributed by atoms with E-state index >= 15 is 0 Å². The van der Waals surface area contributed by atoms with Crippen molar-refractivity contribution >= 4 is 15.9 Å². The van der Waals surface area contributed by atoms with E-state index in [1.807, 2.05) is 12.1 Å². The van der Waals surface area contributed by atoms with Gasteiger partial charge in [0.25, 0.3) is 0 Å². The maximum absolute atomic E-state index is 6.02. The van der Waals surface area contributed by atoms with Gasteiger partial charge in [-0.15, -0.1) is 0 Å². The molecule has 3 nitrogen and oxygen atoms in total. The van der Waals surface area contributed by atoms with Crippen molar-refractivity contribution in [3.8, 4) is 5.88 Å². The van der Waals surface area contributed by atoms with E-state index in [1.165, 1.54) is 25.9 Å². The fourth-order valence-corrected chi connectivity index (χ4v) is 2.99. The first-order valence-electron chi connectivity index (χ1n) is 5.82. The van der Waals surface area contributed by atoms with E-state index in [4.69, 9.17) is 4.74 Å². The molecule has 3 aliphatic heterocycles.